The highest BCUT2D eigenvalue weighted by Gasteiger charge is 2.68. The van der Waals surface area contributed by atoms with Crippen molar-refractivity contribution in [3.63, 3.8) is 0 Å². The van der Waals surface area contributed by atoms with Crippen molar-refractivity contribution in [1.82, 2.24) is 21.3 Å². The molecule has 544 valence electrons. The zero-order valence-electron chi connectivity index (χ0n) is 50.6. The minimum absolute atomic E-state index is 0.624. The number of carbonyl (C=O) groups excluding carboxylic acids is 4. The third-order valence-corrected chi connectivity index (χ3v) is 16.8. The quantitative estimate of drug-likeness (QED) is 0.0422. The van der Waals surface area contributed by atoms with Gasteiger partial charge in [-0.15, -0.1) is 0 Å². The van der Waals surface area contributed by atoms with Crippen molar-refractivity contribution in [1.29, 1.82) is 0 Å². The van der Waals surface area contributed by atoms with Gasteiger partial charge in [0.1, 0.15) is 134 Å². The van der Waals surface area contributed by atoms with Crippen LogP contribution in [0.1, 0.15) is 34.6 Å². The first-order valence-corrected chi connectivity index (χ1v) is 29.4. The van der Waals surface area contributed by atoms with Gasteiger partial charge in [0.15, 0.2) is 56.1 Å². The Bertz CT molecular complexity index is 2500. The highest BCUT2D eigenvalue weighted by molar-refractivity contribution is 5.74. The smallest absolute Gasteiger partial charge is 0.311 e. The predicted molar refractivity (Wildman–Crippen MR) is 286 cm³/mol. The van der Waals surface area contributed by atoms with E-state index in [1.165, 1.54) is 6.92 Å². The maximum absolute atomic E-state index is 12.9. The third kappa shape index (κ3) is 16.0. The number of rotatable bonds is 23. The fourth-order valence-corrected chi connectivity index (χ4v) is 12.0. The Morgan fingerprint density at radius 1 is 0.383 bits per heavy atom. The summed E-state index contributed by atoms with van der Waals surface area (Å²) in [4.78, 5) is 50.3. The van der Waals surface area contributed by atoms with Gasteiger partial charge in [-0.25, -0.2) is 0 Å². The molecule has 43 nitrogen and oxygen atoms in total. The number of nitrogens with one attached hydrogen (secondary N) is 4. The molecule has 94 heavy (non-hydrogen) atoms. The first-order valence-electron chi connectivity index (χ1n) is 29.4. The molecule has 0 saturated carbocycles. The molecule has 0 aromatic heterocycles. The Labute approximate surface area is 531 Å². The molecule has 0 aliphatic carbocycles. The van der Waals surface area contributed by atoms with Gasteiger partial charge >= 0.3 is 5.97 Å². The molecule has 7 fully saturated rings. The second kappa shape index (κ2) is 31.8. The number of ether oxygens (including phenoxy) is 13. The summed E-state index contributed by atoms with van der Waals surface area (Å²) in [5.74, 6) is -15.1. The van der Waals surface area contributed by atoms with Crippen LogP contribution in [0.15, 0.2) is 0 Å². The summed E-state index contributed by atoms with van der Waals surface area (Å²) < 4.78 is 74.4. The minimum Gasteiger partial charge on any atom is -0.394 e. The third-order valence-electron chi connectivity index (χ3n) is 16.8. The molecule has 33 atom stereocenters. The second-order valence-corrected chi connectivity index (χ2v) is 23.5. The van der Waals surface area contributed by atoms with E-state index in [-0.39, 0.29) is 0 Å². The van der Waals surface area contributed by atoms with Crippen molar-refractivity contribution in [3.05, 3.63) is 0 Å². The minimum atomic E-state index is -4.07. The van der Waals surface area contributed by atoms with Gasteiger partial charge in [0.05, 0.1) is 51.8 Å². The van der Waals surface area contributed by atoms with Crippen LogP contribution < -0.4 is 21.3 Å². The molecule has 43 heteroatoms. The van der Waals surface area contributed by atoms with Crippen molar-refractivity contribution in [3.8, 4) is 0 Å². The first-order chi connectivity index (χ1) is 44.0. The normalized spacial score (nSPS) is 46.5. The van der Waals surface area contributed by atoms with Crippen LogP contribution in [0.25, 0.3) is 0 Å². The van der Waals surface area contributed by atoms with Crippen LogP contribution in [0.5, 0.6) is 0 Å². The number of hydrogen-bond acceptors (Lipinski definition) is 39. The monoisotopic (exact) mass is 1380 g/mol. The van der Waals surface area contributed by atoms with E-state index in [0.29, 0.717) is 0 Å². The Kier molecular flexibility index (Phi) is 26.3. The predicted octanol–water partition coefficient (Wildman–Crippen LogP) is -17.4. The van der Waals surface area contributed by atoms with Crippen molar-refractivity contribution in [2.24, 2.45) is 0 Å². The molecular formula is C51H86N4O39. The molecule has 15 unspecified atom stereocenters. The highest BCUT2D eigenvalue weighted by Crippen LogP contribution is 2.42. The lowest BCUT2D eigenvalue weighted by Crippen LogP contribution is -2.77. The van der Waals surface area contributed by atoms with Gasteiger partial charge in [0.25, 0.3) is 11.6 Å². The summed E-state index contributed by atoms with van der Waals surface area (Å²) in [6.45, 7) is -1.27. The van der Waals surface area contributed by atoms with E-state index in [0.717, 1.165) is 27.7 Å². The molecule has 7 aliphatic rings. The summed E-state index contributed by atoms with van der Waals surface area (Å²) >= 11 is 0. The van der Waals surface area contributed by atoms with Crippen molar-refractivity contribution in [2.75, 3.05) is 39.6 Å². The number of aliphatic hydroxyl groups excluding tert-OH is 16. The van der Waals surface area contributed by atoms with Crippen molar-refractivity contribution < 1.29 is 193 Å². The fourth-order valence-electron chi connectivity index (χ4n) is 12.0. The molecule has 4 amide bonds. The van der Waals surface area contributed by atoms with Gasteiger partial charge in [0, 0.05) is 27.7 Å². The van der Waals surface area contributed by atoms with Crippen LogP contribution in [0.2, 0.25) is 0 Å². The highest BCUT2D eigenvalue weighted by atomic mass is 16.9. The van der Waals surface area contributed by atoms with Gasteiger partial charge in [-0.3, -0.25) is 19.2 Å². The first kappa shape index (κ1) is 77.8. The topological polar surface area (TPSA) is 681 Å². The Hall–Kier alpha value is -3.52. The molecule has 0 spiro atoms. The molecule has 0 aromatic rings. The largest absolute Gasteiger partial charge is 0.394 e. The van der Waals surface area contributed by atoms with Crippen LogP contribution >= 0.6 is 0 Å². The zero-order chi connectivity index (χ0) is 70.1. The lowest BCUT2D eigenvalue weighted by Gasteiger charge is -2.53. The SMILES string of the molecule is CC(=O)NC1[C@H](O[C@@H]2C(O)[C@@](O)(O[C@@H]3C(CO)O[C@@H](O[C@@H]4C(NC(C)=O)C(C)OC(CO)[C@@H]4O)C(NC(C)=O)[C@H]3O)OC(CO)[C@@H]2O)OC(CO)[C@@H](O[C@@H]2OC(CO)[C@H](O)[C@H](O[C@@H]3OC(CO)[C@@H](O[C@@H]4OC(C(O)O)C(O)(O)C(O)(O)C4O)[C@H](O)C3NC(C)=O)C2O)[C@@H]1O. The van der Waals surface area contributed by atoms with E-state index >= 15 is 0 Å². The summed E-state index contributed by atoms with van der Waals surface area (Å²) in [6.07, 6.45) is -61.9. The second-order valence-electron chi connectivity index (χ2n) is 23.5. The van der Waals surface area contributed by atoms with Crippen molar-refractivity contribution in [2.45, 2.75) is 254 Å². The molecule has 7 rings (SSSR count). The molecule has 7 heterocycles. The molecule has 7 saturated heterocycles. The van der Waals surface area contributed by atoms with Gasteiger partial charge < -0.3 is 195 Å². The lowest BCUT2D eigenvalue weighted by atomic mass is 9.90. The summed E-state index contributed by atoms with van der Waals surface area (Å²) in [6, 6.07) is -6.95. The maximum Gasteiger partial charge on any atom is 0.311 e. The molecule has 26 N–H and O–H groups in total. The van der Waals surface area contributed by atoms with Gasteiger partial charge in [0.2, 0.25) is 23.6 Å². The van der Waals surface area contributed by atoms with Crippen LogP contribution in [0.3, 0.4) is 0 Å². The van der Waals surface area contributed by atoms with E-state index in [1.54, 1.807) is 0 Å². The van der Waals surface area contributed by atoms with Crippen LogP contribution in [-0.4, -0.2) is 395 Å². The van der Waals surface area contributed by atoms with Crippen LogP contribution in [0, 0.1) is 0 Å². The number of hydrogen-bond donors (Lipinski definition) is 26. The van der Waals surface area contributed by atoms with Crippen LogP contribution in [-0.2, 0) is 80.8 Å². The Balaban J connectivity index is 1.11. The number of carbonyl (C=O) groups is 4. The zero-order valence-corrected chi connectivity index (χ0v) is 50.6. The van der Waals surface area contributed by atoms with E-state index in [9.17, 15) is 132 Å². The number of amides is 4. The summed E-state index contributed by atoms with van der Waals surface area (Å²) in [5, 5.41) is 249. The lowest BCUT2D eigenvalue weighted by molar-refractivity contribution is -0.489. The molecule has 0 radical (unpaired) electrons. The van der Waals surface area contributed by atoms with E-state index < -0.39 is 283 Å². The molecule has 0 bridgehead atoms. The molecule has 0 aromatic carbocycles. The maximum atomic E-state index is 12.9. The van der Waals surface area contributed by atoms with Gasteiger partial charge in [-0.1, -0.05) is 0 Å². The molecule has 7 aliphatic heterocycles. The Morgan fingerprint density at radius 3 is 1.17 bits per heavy atom. The van der Waals surface area contributed by atoms with E-state index in [1.807, 2.05) is 0 Å². The van der Waals surface area contributed by atoms with Crippen molar-refractivity contribution >= 4 is 23.6 Å². The van der Waals surface area contributed by atoms with Crippen LogP contribution in [0.4, 0.5) is 0 Å². The Morgan fingerprint density at radius 2 is 0.734 bits per heavy atom. The molecular weight excluding hydrogens is 1290 g/mol. The fraction of sp³-hybridized carbons (Fsp3) is 0.922. The van der Waals surface area contributed by atoms with Gasteiger partial charge in [-0.2, -0.15) is 0 Å². The number of aliphatic hydroxyl groups is 22. The average molecular weight is 1380 g/mol. The standard InChI is InChI=1S/C51H86N4O39/c1-12-23(52-13(2)62)37(27(66)17(6-56)82-12)89-44-26(55-16(5)65)32(71)36(22(11-61)86-44)94-51(81)40(73)39(29(68)19(8-58)93-51)91-46-25(54-15(4)64)30(69)34(20(9-59)85-46)87-47-33(72)38(28(67)18(7-57)83-47)90-45-24(53-14(3)63)31(70)35(21(10-60)84-45)88-48-41(74)49(77,78)50(79,80)42(92-48)43(75)76/h12,17-48,56-61,66-81H,6-11H2,1-5H3,(H,52,62)(H,53,63)(H,54,64)(H,55,65)/t12?,17?,18?,19?,20?,21?,22?,23?,24?,25?,26?,27-,28-,29-,30+,31+,32+,33?,34+,35+,36+,37+,38-,39-,40?,41?,42?,44-,45-,46-,47-,48+,51-/m0/s1. The summed E-state index contributed by atoms with van der Waals surface area (Å²) in [7, 11) is 0. The van der Waals surface area contributed by atoms with E-state index in [4.69, 9.17) is 61.6 Å². The van der Waals surface area contributed by atoms with Gasteiger partial charge in [-0.05, 0) is 6.92 Å². The van der Waals surface area contributed by atoms with E-state index in [2.05, 4.69) is 21.3 Å². The average Bonchev–Trinajstić information content (AvgIpc) is 0.753. The summed E-state index contributed by atoms with van der Waals surface area (Å²) in [5.41, 5.74) is 0.